The lowest BCUT2D eigenvalue weighted by Gasteiger charge is -2.10. The van der Waals surface area contributed by atoms with Gasteiger partial charge in [-0.25, -0.2) is 21.9 Å². The van der Waals surface area contributed by atoms with E-state index in [9.17, 15) is 17.2 Å². The molecule has 1 rings (SSSR count). The molecule has 1 aromatic carbocycles. The van der Waals surface area contributed by atoms with Gasteiger partial charge in [0, 0.05) is 10.7 Å². The highest BCUT2D eigenvalue weighted by Gasteiger charge is 2.21. The topological polar surface area (TPSA) is 72.2 Å². The van der Waals surface area contributed by atoms with Gasteiger partial charge in [-0.05, 0) is 28.1 Å². The summed E-state index contributed by atoms with van der Waals surface area (Å²) >= 11 is 8.62. The standard InChI is InChI=1S/C8H8BrClF2N2O2S/c9-8-5(13)1-4(10)2-6(8)17(15,16)14-3-7(11)12/h1-2,7,14H,3,13H2. The summed E-state index contributed by atoms with van der Waals surface area (Å²) < 4.78 is 49.1. The van der Waals surface area contributed by atoms with E-state index < -0.39 is 23.0 Å². The van der Waals surface area contributed by atoms with Crippen molar-refractivity contribution in [1.82, 2.24) is 4.72 Å². The average molecular weight is 350 g/mol. The third kappa shape index (κ3) is 3.77. The number of nitrogens with two attached hydrogens (primary N) is 1. The van der Waals surface area contributed by atoms with E-state index in [1.807, 2.05) is 0 Å². The molecule has 0 heterocycles. The van der Waals surface area contributed by atoms with Gasteiger partial charge >= 0.3 is 0 Å². The second-order valence-corrected chi connectivity index (χ2v) is 6.01. The molecule has 0 fully saturated rings. The van der Waals surface area contributed by atoms with Gasteiger partial charge in [-0.15, -0.1) is 0 Å². The molecular formula is C8H8BrClF2N2O2S. The maximum Gasteiger partial charge on any atom is 0.251 e. The molecule has 0 radical (unpaired) electrons. The fraction of sp³-hybridized carbons (Fsp3) is 0.250. The van der Waals surface area contributed by atoms with Crippen LogP contribution in [0.15, 0.2) is 21.5 Å². The monoisotopic (exact) mass is 348 g/mol. The van der Waals surface area contributed by atoms with E-state index in [1.54, 1.807) is 4.72 Å². The van der Waals surface area contributed by atoms with Crippen molar-refractivity contribution in [2.45, 2.75) is 11.3 Å². The Kier molecular flexibility index (Phi) is 4.70. The Hall–Kier alpha value is -0.440. The van der Waals surface area contributed by atoms with E-state index in [0.29, 0.717) is 0 Å². The van der Waals surface area contributed by atoms with Gasteiger partial charge in [0.25, 0.3) is 6.43 Å². The third-order valence-electron chi connectivity index (χ3n) is 1.75. The zero-order valence-corrected chi connectivity index (χ0v) is 11.4. The molecule has 0 aliphatic rings. The Balaban J connectivity index is 3.15. The highest BCUT2D eigenvalue weighted by atomic mass is 79.9. The molecular weight excluding hydrogens is 342 g/mol. The molecule has 0 bridgehead atoms. The Morgan fingerprint density at radius 3 is 2.59 bits per heavy atom. The first-order valence-corrected chi connectivity index (χ1v) is 6.92. The second kappa shape index (κ2) is 5.47. The van der Waals surface area contributed by atoms with Crippen LogP contribution in [0.4, 0.5) is 14.5 Å². The second-order valence-electron chi connectivity index (χ2n) is 3.05. The molecule has 96 valence electrons. The Morgan fingerprint density at radius 2 is 2.06 bits per heavy atom. The summed E-state index contributed by atoms with van der Waals surface area (Å²) in [4.78, 5) is -0.275. The van der Waals surface area contributed by atoms with E-state index in [0.717, 1.165) is 6.07 Å². The molecule has 0 aromatic heterocycles. The van der Waals surface area contributed by atoms with E-state index in [2.05, 4.69) is 15.9 Å². The van der Waals surface area contributed by atoms with Gasteiger partial charge in [-0.3, -0.25) is 0 Å². The summed E-state index contributed by atoms with van der Waals surface area (Å²) in [6.45, 7) is -0.971. The number of hydrogen-bond donors (Lipinski definition) is 2. The van der Waals surface area contributed by atoms with Crippen molar-refractivity contribution in [2.75, 3.05) is 12.3 Å². The minimum atomic E-state index is -4.07. The molecule has 0 saturated carbocycles. The van der Waals surface area contributed by atoms with Crippen LogP contribution in [-0.2, 0) is 10.0 Å². The summed E-state index contributed by atoms with van der Waals surface area (Å²) in [7, 11) is -4.07. The number of halogens is 4. The minimum absolute atomic E-state index is 0.0867. The van der Waals surface area contributed by atoms with E-state index in [4.69, 9.17) is 17.3 Å². The molecule has 9 heteroatoms. The van der Waals surface area contributed by atoms with Crippen LogP contribution in [0.2, 0.25) is 5.02 Å². The van der Waals surface area contributed by atoms with Crippen LogP contribution in [0.3, 0.4) is 0 Å². The van der Waals surface area contributed by atoms with Crippen LogP contribution >= 0.6 is 27.5 Å². The number of nitrogens with one attached hydrogen (secondary N) is 1. The van der Waals surface area contributed by atoms with Crippen molar-refractivity contribution in [3.63, 3.8) is 0 Å². The summed E-state index contributed by atoms with van der Waals surface area (Å²) in [6.07, 6.45) is -2.78. The number of hydrogen-bond acceptors (Lipinski definition) is 3. The fourth-order valence-electron chi connectivity index (χ4n) is 1.03. The molecule has 0 amide bonds. The largest absolute Gasteiger partial charge is 0.398 e. The number of nitrogen functional groups attached to an aromatic ring is 1. The number of alkyl halides is 2. The first kappa shape index (κ1) is 14.6. The Morgan fingerprint density at radius 1 is 1.47 bits per heavy atom. The quantitative estimate of drug-likeness (QED) is 0.819. The molecule has 1 aromatic rings. The van der Waals surface area contributed by atoms with Gasteiger partial charge in [-0.2, -0.15) is 0 Å². The predicted molar refractivity (Wildman–Crippen MR) is 64.8 cm³/mol. The van der Waals surface area contributed by atoms with Crippen LogP contribution in [0.5, 0.6) is 0 Å². The lowest BCUT2D eigenvalue weighted by molar-refractivity contribution is 0.153. The van der Waals surface area contributed by atoms with Gasteiger partial charge in [0.2, 0.25) is 10.0 Å². The molecule has 0 spiro atoms. The van der Waals surface area contributed by atoms with Crippen LogP contribution in [0.25, 0.3) is 0 Å². The molecule has 0 aliphatic carbocycles. The number of benzene rings is 1. The Labute approximate surface area is 110 Å². The van der Waals surface area contributed by atoms with Gasteiger partial charge in [0.15, 0.2) is 0 Å². The maximum absolute atomic E-state index is 12.0. The first-order valence-electron chi connectivity index (χ1n) is 4.26. The number of anilines is 1. The minimum Gasteiger partial charge on any atom is -0.398 e. The van der Waals surface area contributed by atoms with Crippen molar-refractivity contribution in [3.05, 3.63) is 21.6 Å². The lowest BCUT2D eigenvalue weighted by Crippen LogP contribution is -2.29. The normalized spacial score (nSPS) is 12.1. The van der Waals surface area contributed by atoms with Gasteiger partial charge < -0.3 is 5.73 Å². The number of rotatable bonds is 4. The van der Waals surface area contributed by atoms with E-state index >= 15 is 0 Å². The zero-order chi connectivity index (χ0) is 13.2. The SMILES string of the molecule is Nc1cc(Cl)cc(S(=O)(=O)NCC(F)F)c1Br. The maximum atomic E-state index is 12.0. The van der Waals surface area contributed by atoms with E-state index in [1.165, 1.54) is 6.07 Å². The lowest BCUT2D eigenvalue weighted by atomic mass is 10.3. The molecule has 17 heavy (non-hydrogen) atoms. The predicted octanol–water partition coefficient (Wildman–Crippen LogP) is 2.23. The third-order valence-corrected chi connectivity index (χ3v) is 4.56. The average Bonchev–Trinajstić information content (AvgIpc) is 2.20. The molecule has 0 unspecified atom stereocenters. The smallest absolute Gasteiger partial charge is 0.251 e. The highest BCUT2D eigenvalue weighted by Crippen LogP contribution is 2.31. The van der Waals surface area contributed by atoms with E-state index in [-0.39, 0.29) is 20.1 Å². The molecule has 0 aliphatic heterocycles. The fourth-order valence-corrected chi connectivity index (χ4v) is 3.33. The summed E-state index contributed by atoms with van der Waals surface area (Å²) in [5.41, 5.74) is 5.61. The van der Waals surface area contributed by atoms with Crippen LogP contribution < -0.4 is 10.5 Å². The summed E-state index contributed by atoms with van der Waals surface area (Å²) in [6, 6.07) is 2.47. The Bertz CT molecular complexity index is 525. The van der Waals surface area contributed by atoms with Gasteiger partial charge in [0.05, 0.1) is 15.9 Å². The van der Waals surface area contributed by atoms with Crippen LogP contribution in [0, 0.1) is 0 Å². The first-order chi connectivity index (χ1) is 7.74. The van der Waals surface area contributed by atoms with Gasteiger partial charge in [0.1, 0.15) is 0 Å². The van der Waals surface area contributed by atoms with Crippen LogP contribution in [-0.4, -0.2) is 21.4 Å². The molecule has 0 saturated heterocycles. The molecule has 0 atom stereocenters. The van der Waals surface area contributed by atoms with Crippen molar-refractivity contribution < 1.29 is 17.2 Å². The molecule has 4 nitrogen and oxygen atoms in total. The van der Waals surface area contributed by atoms with Crippen LogP contribution in [0.1, 0.15) is 0 Å². The van der Waals surface area contributed by atoms with Gasteiger partial charge in [-0.1, -0.05) is 11.6 Å². The summed E-state index contributed by atoms with van der Waals surface area (Å²) in [5.74, 6) is 0. The summed E-state index contributed by atoms with van der Waals surface area (Å²) in [5, 5.41) is 0.100. The van der Waals surface area contributed by atoms with Crippen molar-refractivity contribution in [2.24, 2.45) is 0 Å². The zero-order valence-electron chi connectivity index (χ0n) is 8.25. The van der Waals surface area contributed by atoms with Crippen molar-refractivity contribution in [1.29, 1.82) is 0 Å². The molecule has 3 N–H and O–H groups in total. The number of sulfonamides is 1. The van der Waals surface area contributed by atoms with Crippen molar-refractivity contribution >= 4 is 43.2 Å². The van der Waals surface area contributed by atoms with Crippen molar-refractivity contribution in [3.8, 4) is 0 Å². The highest BCUT2D eigenvalue weighted by molar-refractivity contribution is 9.10.